The summed E-state index contributed by atoms with van der Waals surface area (Å²) in [4.78, 5) is 36.8. The van der Waals surface area contributed by atoms with E-state index in [0.29, 0.717) is 12.8 Å². The minimum Gasteiger partial charge on any atom is -0.544 e. The van der Waals surface area contributed by atoms with Crippen molar-refractivity contribution in [1.29, 1.82) is 0 Å². The molecular formula is C47H81NO7. The van der Waals surface area contributed by atoms with Crippen LogP contribution in [0.2, 0.25) is 0 Å². The number of hydrogen-bond donors (Lipinski definition) is 0. The average molecular weight is 772 g/mol. The summed E-state index contributed by atoms with van der Waals surface area (Å²) in [5, 5.41) is 11.6. The first-order chi connectivity index (χ1) is 26.6. The van der Waals surface area contributed by atoms with E-state index >= 15 is 0 Å². The molecule has 0 aliphatic heterocycles. The Morgan fingerprint density at radius 2 is 1.02 bits per heavy atom. The molecule has 0 aromatic carbocycles. The van der Waals surface area contributed by atoms with Crippen molar-refractivity contribution in [1.82, 2.24) is 0 Å². The number of carboxylic acid groups (broad SMARTS) is 1. The quantitative estimate of drug-likeness (QED) is 0.0266. The average Bonchev–Trinajstić information content (AvgIpc) is 3.14. The molecule has 0 saturated heterocycles. The largest absolute Gasteiger partial charge is 0.544 e. The summed E-state index contributed by atoms with van der Waals surface area (Å²) in [5.41, 5.74) is 0. The highest BCUT2D eigenvalue weighted by Gasteiger charge is 2.25. The zero-order chi connectivity index (χ0) is 40.7. The lowest BCUT2D eigenvalue weighted by Gasteiger charge is -2.34. The van der Waals surface area contributed by atoms with Crippen molar-refractivity contribution >= 4 is 17.9 Å². The Kier molecular flexibility index (Phi) is 35.9. The minimum absolute atomic E-state index is 0.0192. The molecule has 0 aliphatic rings. The second kappa shape index (κ2) is 37.9. The van der Waals surface area contributed by atoms with Crippen LogP contribution in [0.5, 0.6) is 0 Å². The molecule has 0 fully saturated rings. The molecule has 0 aromatic rings. The predicted octanol–water partition coefficient (Wildman–Crippen LogP) is 10.5. The molecule has 0 rings (SSSR count). The zero-order valence-electron chi connectivity index (χ0n) is 35.8. The number of quaternary nitrogens is 1. The zero-order valence-corrected chi connectivity index (χ0v) is 35.8. The molecule has 2 unspecified atom stereocenters. The number of rotatable bonds is 38. The fraction of sp³-hybridized carbons (Fsp3) is 0.723. The van der Waals surface area contributed by atoms with E-state index in [1.807, 2.05) is 0 Å². The van der Waals surface area contributed by atoms with Crippen molar-refractivity contribution in [3.8, 4) is 0 Å². The van der Waals surface area contributed by atoms with Crippen LogP contribution in [-0.2, 0) is 28.6 Å². The van der Waals surface area contributed by atoms with Gasteiger partial charge in [-0.3, -0.25) is 9.59 Å². The lowest BCUT2D eigenvalue weighted by atomic mass is 10.1. The first-order valence-corrected chi connectivity index (χ1v) is 21.8. The maximum Gasteiger partial charge on any atom is 0.306 e. The van der Waals surface area contributed by atoms with Gasteiger partial charge in [-0.25, -0.2) is 0 Å². The van der Waals surface area contributed by atoms with E-state index in [1.165, 1.54) is 57.8 Å². The fourth-order valence-corrected chi connectivity index (χ4v) is 6.00. The number of carboxylic acids is 1. The van der Waals surface area contributed by atoms with Crippen LogP contribution in [0.3, 0.4) is 0 Å². The van der Waals surface area contributed by atoms with Gasteiger partial charge in [-0.05, 0) is 77.0 Å². The van der Waals surface area contributed by atoms with E-state index in [1.54, 1.807) is 21.1 Å². The normalized spacial score (nSPS) is 13.5. The topological polar surface area (TPSA) is 102 Å². The van der Waals surface area contributed by atoms with Gasteiger partial charge in [-0.1, -0.05) is 132 Å². The molecular weight excluding hydrogens is 691 g/mol. The van der Waals surface area contributed by atoms with E-state index in [0.717, 1.165) is 70.6 Å². The summed E-state index contributed by atoms with van der Waals surface area (Å²) >= 11 is 0. The van der Waals surface area contributed by atoms with E-state index in [-0.39, 0.29) is 49.1 Å². The highest BCUT2D eigenvalue weighted by molar-refractivity contribution is 5.70. The first-order valence-electron chi connectivity index (χ1n) is 21.8. The molecule has 2 atom stereocenters. The minimum atomic E-state index is -1.13. The maximum absolute atomic E-state index is 12.7. The molecule has 0 amide bonds. The van der Waals surface area contributed by atoms with E-state index in [2.05, 4.69) is 74.6 Å². The van der Waals surface area contributed by atoms with Crippen LogP contribution in [-0.4, -0.2) is 75.5 Å². The fourth-order valence-electron chi connectivity index (χ4n) is 6.00. The molecule has 8 nitrogen and oxygen atoms in total. The van der Waals surface area contributed by atoms with Crippen molar-refractivity contribution in [2.45, 2.75) is 180 Å². The molecule has 8 heteroatoms. The molecule has 0 spiro atoms. The van der Waals surface area contributed by atoms with Crippen LogP contribution in [0.4, 0.5) is 0 Å². The van der Waals surface area contributed by atoms with E-state index in [9.17, 15) is 19.5 Å². The summed E-state index contributed by atoms with van der Waals surface area (Å²) < 4.78 is 17.1. The van der Waals surface area contributed by atoms with E-state index < -0.39 is 18.1 Å². The summed E-state index contributed by atoms with van der Waals surface area (Å²) in [6.45, 7) is 4.48. The Morgan fingerprint density at radius 1 is 0.564 bits per heavy atom. The number of esters is 2. The molecule has 0 aliphatic carbocycles. The van der Waals surface area contributed by atoms with Gasteiger partial charge in [0, 0.05) is 19.3 Å². The van der Waals surface area contributed by atoms with Gasteiger partial charge in [0.25, 0.3) is 0 Å². The molecule has 0 radical (unpaired) electrons. The number of carbonyl (C=O) groups excluding carboxylic acids is 3. The number of allylic oxidation sites excluding steroid dienone is 10. The van der Waals surface area contributed by atoms with Crippen molar-refractivity contribution in [2.24, 2.45) is 0 Å². The summed E-state index contributed by atoms with van der Waals surface area (Å²) in [6, 6.07) is -0.736. The standard InChI is InChI=1S/C47H81NO7/c1-6-8-10-12-14-16-18-20-22-24-25-27-29-31-33-35-37-45(49)54-42-43(41-53-40-39-44(47(51)52)48(3,4)5)55-46(50)38-36-34-32-30-28-26-23-21-19-17-15-13-11-9-7-2/h9,11,15,17,21-24,28,30,43-44H,6-8,10,12-14,16,18-20,25-27,29,31-42H2,1-5H3/b11-9-,17-15-,23-21-,24-22-,30-28-. The number of likely N-dealkylation sites (N-methyl/N-ethyl adjacent to an activating group) is 1. The lowest BCUT2D eigenvalue weighted by molar-refractivity contribution is -0.889. The van der Waals surface area contributed by atoms with Gasteiger partial charge in [0.05, 0.1) is 40.3 Å². The monoisotopic (exact) mass is 772 g/mol. The number of nitrogens with zero attached hydrogens (tertiary/aromatic N) is 1. The van der Waals surface area contributed by atoms with Crippen molar-refractivity contribution in [2.75, 3.05) is 41.0 Å². The van der Waals surface area contributed by atoms with Crippen molar-refractivity contribution < 1.29 is 38.2 Å². The van der Waals surface area contributed by atoms with Gasteiger partial charge in [0.2, 0.25) is 0 Å². The van der Waals surface area contributed by atoms with Crippen LogP contribution in [0.1, 0.15) is 168 Å². The highest BCUT2D eigenvalue weighted by atomic mass is 16.6. The highest BCUT2D eigenvalue weighted by Crippen LogP contribution is 2.13. The van der Waals surface area contributed by atoms with Gasteiger partial charge in [-0.2, -0.15) is 0 Å². The summed E-state index contributed by atoms with van der Waals surface area (Å²) in [5.74, 6) is -1.81. The van der Waals surface area contributed by atoms with Crippen LogP contribution < -0.4 is 5.11 Å². The van der Waals surface area contributed by atoms with Gasteiger partial charge in [-0.15, -0.1) is 0 Å². The third-order valence-corrected chi connectivity index (χ3v) is 9.39. The van der Waals surface area contributed by atoms with Gasteiger partial charge >= 0.3 is 11.9 Å². The molecule has 55 heavy (non-hydrogen) atoms. The predicted molar refractivity (Wildman–Crippen MR) is 226 cm³/mol. The number of unbranched alkanes of at least 4 members (excludes halogenated alkanes) is 14. The Balaban J connectivity index is 4.44. The maximum atomic E-state index is 12.7. The molecule has 0 saturated carbocycles. The second-order valence-corrected chi connectivity index (χ2v) is 15.5. The van der Waals surface area contributed by atoms with E-state index in [4.69, 9.17) is 14.2 Å². The summed E-state index contributed by atoms with van der Waals surface area (Å²) in [6.07, 6.45) is 45.3. The van der Waals surface area contributed by atoms with Crippen LogP contribution in [0.15, 0.2) is 60.8 Å². The Morgan fingerprint density at radius 3 is 1.56 bits per heavy atom. The number of aliphatic carboxylic acids is 1. The number of ether oxygens (including phenoxy) is 3. The molecule has 316 valence electrons. The van der Waals surface area contributed by atoms with Crippen LogP contribution >= 0.6 is 0 Å². The third kappa shape index (κ3) is 36.4. The van der Waals surface area contributed by atoms with Gasteiger partial charge in [0.15, 0.2) is 6.10 Å². The first kappa shape index (κ1) is 52.0. The van der Waals surface area contributed by atoms with Crippen molar-refractivity contribution in [3.05, 3.63) is 60.8 Å². The molecule has 0 bridgehead atoms. The Labute approximate surface area is 337 Å². The van der Waals surface area contributed by atoms with Gasteiger partial charge in [0.1, 0.15) is 12.6 Å². The second-order valence-electron chi connectivity index (χ2n) is 15.5. The molecule has 0 N–H and O–H groups in total. The summed E-state index contributed by atoms with van der Waals surface area (Å²) in [7, 11) is 5.38. The number of hydrogen-bond acceptors (Lipinski definition) is 7. The smallest absolute Gasteiger partial charge is 0.306 e. The molecule has 0 aromatic heterocycles. The Hall–Kier alpha value is -2.97. The molecule has 0 heterocycles. The lowest BCUT2D eigenvalue weighted by Crippen LogP contribution is -2.55. The van der Waals surface area contributed by atoms with Gasteiger partial charge < -0.3 is 28.6 Å². The van der Waals surface area contributed by atoms with Crippen LogP contribution in [0, 0.1) is 0 Å². The third-order valence-electron chi connectivity index (χ3n) is 9.39. The van der Waals surface area contributed by atoms with Crippen molar-refractivity contribution in [3.63, 3.8) is 0 Å². The Bertz CT molecular complexity index is 1090. The number of carbonyl (C=O) groups is 3. The van der Waals surface area contributed by atoms with Crippen LogP contribution in [0.25, 0.3) is 0 Å². The SMILES string of the molecule is CC/C=C\C/C=C\C/C=C\C/C=C\CCCCC(=O)OC(COCCC(C(=O)[O-])[N+](C)(C)C)COC(=O)CCCCCCC/C=C\CCCCCCCCC.